The van der Waals surface area contributed by atoms with Gasteiger partial charge >= 0.3 is 0 Å². The molecule has 0 bridgehead atoms. The molecule has 88 valence electrons. The van der Waals surface area contributed by atoms with E-state index >= 15 is 0 Å². The molecule has 0 atom stereocenters. The van der Waals surface area contributed by atoms with Gasteiger partial charge in [0.15, 0.2) is 0 Å². The van der Waals surface area contributed by atoms with Gasteiger partial charge in [-0.05, 0) is 24.2 Å². The van der Waals surface area contributed by atoms with E-state index in [4.69, 9.17) is 11.6 Å². The second kappa shape index (κ2) is 5.74. The minimum atomic E-state index is 0.00684. The zero-order valence-corrected chi connectivity index (χ0v) is 10.6. The fourth-order valence-corrected chi connectivity index (χ4v) is 2.03. The number of alkyl halides is 1. The molecule has 1 rings (SSSR count). The van der Waals surface area contributed by atoms with Crippen LogP contribution < -0.4 is 5.32 Å². The predicted molar refractivity (Wildman–Crippen MR) is 64.1 cm³/mol. The highest BCUT2D eigenvalue weighted by Gasteiger charge is 2.21. The standard InChI is InChI=1S/C12H22ClNO/c1-12(2,8-13)9-14-11(15)7-10-5-3-4-6-10/h10H,3-9H2,1-2H3,(H,14,15). The van der Waals surface area contributed by atoms with Gasteiger partial charge in [-0.25, -0.2) is 0 Å². The Morgan fingerprint density at radius 2 is 2.00 bits per heavy atom. The van der Waals surface area contributed by atoms with Gasteiger partial charge in [0.05, 0.1) is 0 Å². The molecule has 1 aliphatic rings. The molecular formula is C12H22ClNO. The molecule has 0 aromatic rings. The molecule has 1 saturated carbocycles. The number of carbonyl (C=O) groups excluding carboxylic acids is 1. The van der Waals surface area contributed by atoms with Crippen LogP contribution >= 0.6 is 11.6 Å². The highest BCUT2D eigenvalue weighted by atomic mass is 35.5. The molecule has 0 unspecified atom stereocenters. The summed E-state index contributed by atoms with van der Waals surface area (Å²) < 4.78 is 0. The predicted octanol–water partition coefficient (Wildman–Crippen LogP) is 2.95. The number of rotatable bonds is 5. The summed E-state index contributed by atoms with van der Waals surface area (Å²) in [5.74, 6) is 1.40. The summed E-state index contributed by atoms with van der Waals surface area (Å²) >= 11 is 5.80. The van der Waals surface area contributed by atoms with Crippen LogP contribution in [0.25, 0.3) is 0 Å². The second-order valence-corrected chi connectivity index (χ2v) is 5.70. The molecule has 1 aliphatic carbocycles. The van der Waals surface area contributed by atoms with E-state index in [0.29, 0.717) is 24.8 Å². The van der Waals surface area contributed by atoms with E-state index in [2.05, 4.69) is 19.2 Å². The molecule has 3 heteroatoms. The lowest BCUT2D eigenvalue weighted by molar-refractivity contribution is -0.122. The van der Waals surface area contributed by atoms with E-state index in [0.717, 1.165) is 0 Å². The molecule has 15 heavy (non-hydrogen) atoms. The maximum atomic E-state index is 11.6. The molecule has 0 aromatic heterocycles. The largest absolute Gasteiger partial charge is 0.356 e. The van der Waals surface area contributed by atoms with Crippen molar-refractivity contribution in [3.05, 3.63) is 0 Å². The fourth-order valence-electron chi connectivity index (χ4n) is 1.93. The monoisotopic (exact) mass is 231 g/mol. The summed E-state index contributed by atoms with van der Waals surface area (Å²) in [6, 6.07) is 0. The minimum absolute atomic E-state index is 0.00684. The first kappa shape index (κ1) is 12.8. The quantitative estimate of drug-likeness (QED) is 0.725. The normalized spacial score (nSPS) is 18.1. The summed E-state index contributed by atoms with van der Waals surface area (Å²) in [5.41, 5.74) is 0.00684. The molecule has 0 saturated heterocycles. The highest BCUT2D eigenvalue weighted by molar-refractivity contribution is 6.18. The van der Waals surface area contributed by atoms with Crippen LogP contribution in [-0.2, 0) is 4.79 Å². The van der Waals surface area contributed by atoms with Crippen molar-refractivity contribution in [1.29, 1.82) is 0 Å². The van der Waals surface area contributed by atoms with Gasteiger partial charge in [0.1, 0.15) is 0 Å². The molecule has 0 heterocycles. The number of hydrogen-bond donors (Lipinski definition) is 1. The van der Waals surface area contributed by atoms with Crippen LogP contribution in [0, 0.1) is 11.3 Å². The average Bonchev–Trinajstić information content (AvgIpc) is 2.68. The van der Waals surface area contributed by atoms with Crippen LogP contribution in [0.4, 0.5) is 0 Å². The van der Waals surface area contributed by atoms with Crippen molar-refractivity contribution in [2.45, 2.75) is 46.0 Å². The van der Waals surface area contributed by atoms with Crippen LogP contribution in [-0.4, -0.2) is 18.3 Å². The second-order valence-electron chi connectivity index (χ2n) is 5.43. The van der Waals surface area contributed by atoms with Gasteiger partial charge in [-0.15, -0.1) is 11.6 Å². The molecule has 0 radical (unpaired) electrons. The summed E-state index contributed by atoms with van der Waals surface area (Å²) in [6.45, 7) is 4.81. The Bertz CT molecular complexity index is 210. The summed E-state index contributed by atoms with van der Waals surface area (Å²) in [4.78, 5) is 11.6. The Morgan fingerprint density at radius 1 is 1.40 bits per heavy atom. The Kier molecular flexibility index (Phi) is 4.91. The van der Waals surface area contributed by atoms with Crippen molar-refractivity contribution in [1.82, 2.24) is 5.32 Å². The van der Waals surface area contributed by atoms with E-state index in [-0.39, 0.29) is 11.3 Å². The summed E-state index contributed by atoms with van der Waals surface area (Å²) in [5, 5.41) is 2.98. The number of halogens is 1. The smallest absolute Gasteiger partial charge is 0.220 e. The zero-order valence-electron chi connectivity index (χ0n) is 9.81. The maximum absolute atomic E-state index is 11.6. The number of nitrogens with one attached hydrogen (secondary N) is 1. The number of amides is 1. The Hall–Kier alpha value is -0.240. The van der Waals surface area contributed by atoms with Crippen molar-refractivity contribution in [3.63, 3.8) is 0 Å². The van der Waals surface area contributed by atoms with E-state index in [1.165, 1.54) is 25.7 Å². The van der Waals surface area contributed by atoms with Crippen molar-refractivity contribution >= 4 is 17.5 Å². The average molecular weight is 232 g/mol. The molecule has 2 nitrogen and oxygen atoms in total. The van der Waals surface area contributed by atoms with E-state index in [9.17, 15) is 4.79 Å². The van der Waals surface area contributed by atoms with Gasteiger partial charge in [-0.3, -0.25) is 4.79 Å². The molecule has 1 N–H and O–H groups in total. The van der Waals surface area contributed by atoms with Crippen molar-refractivity contribution < 1.29 is 4.79 Å². The number of hydrogen-bond acceptors (Lipinski definition) is 1. The Labute approximate surface area is 97.8 Å². The van der Waals surface area contributed by atoms with E-state index in [1.54, 1.807) is 0 Å². The van der Waals surface area contributed by atoms with Crippen LogP contribution in [0.15, 0.2) is 0 Å². The first-order valence-corrected chi connectivity index (χ1v) is 6.39. The van der Waals surface area contributed by atoms with Crippen LogP contribution in [0.1, 0.15) is 46.0 Å². The van der Waals surface area contributed by atoms with Crippen LogP contribution in [0.3, 0.4) is 0 Å². The van der Waals surface area contributed by atoms with Gasteiger partial charge in [0.2, 0.25) is 5.91 Å². The lowest BCUT2D eigenvalue weighted by atomic mass is 9.96. The van der Waals surface area contributed by atoms with Gasteiger partial charge < -0.3 is 5.32 Å². The van der Waals surface area contributed by atoms with Gasteiger partial charge in [0, 0.05) is 18.8 Å². The third-order valence-electron chi connectivity index (χ3n) is 3.07. The van der Waals surface area contributed by atoms with Gasteiger partial charge in [-0.1, -0.05) is 26.7 Å². The Balaban J connectivity index is 2.18. The molecule has 0 spiro atoms. The summed E-state index contributed by atoms with van der Waals surface area (Å²) in [7, 11) is 0. The van der Waals surface area contributed by atoms with Gasteiger partial charge in [0.25, 0.3) is 0 Å². The number of carbonyl (C=O) groups is 1. The first-order chi connectivity index (χ1) is 7.03. The fraction of sp³-hybridized carbons (Fsp3) is 0.917. The van der Waals surface area contributed by atoms with Crippen molar-refractivity contribution in [2.24, 2.45) is 11.3 Å². The van der Waals surface area contributed by atoms with Crippen LogP contribution in [0.5, 0.6) is 0 Å². The lowest BCUT2D eigenvalue weighted by Gasteiger charge is -2.22. The third-order valence-corrected chi connectivity index (χ3v) is 3.80. The van der Waals surface area contributed by atoms with Crippen LogP contribution in [0.2, 0.25) is 0 Å². The first-order valence-electron chi connectivity index (χ1n) is 5.86. The molecule has 0 aromatic carbocycles. The van der Waals surface area contributed by atoms with Crippen molar-refractivity contribution in [2.75, 3.05) is 12.4 Å². The topological polar surface area (TPSA) is 29.1 Å². The van der Waals surface area contributed by atoms with E-state index < -0.39 is 0 Å². The SMILES string of the molecule is CC(C)(CCl)CNC(=O)CC1CCCC1. The molecular weight excluding hydrogens is 210 g/mol. The molecule has 0 aliphatic heterocycles. The minimum Gasteiger partial charge on any atom is -0.356 e. The molecule has 1 amide bonds. The highest BCUT2D eigenvalue weighted by Crippen LogP contribution is 2.27. The maximum Gasteiger partial charge on any atom is 0.220 e. The van der Waals surface area contributed by atoms with Crippen molar-refractivity contribution in [3.8, 4) is 0 Å². The van der Waals surface area contributed by atoms with Gasteiger partial charge in [-0.2, -0.15) is 0 Å². The van der Waals surface area contributed by atoms with E-state index in [1.807, 2.05) is 0 Å². The summed E-state index contributed by atoms with van der Waals surface area (Å²) in [6.07, 6.45) is 5.76. The Morgan fingerprint density at radius 3 is 2.53 bits per heavy atom. The third kappa shape index (κ3) is 4.87. The molecule has 1 fully saturated rings. The lowest BCUT2D eigenvalue weighted by Crippen LogP contribution is -2.35. The zero-order chi connectivity index (χ0) is 11.3.